The van der Waals surface area contributed by atoms with Crippen LogP contribution in [0.3, 0.4) is 0 Å². The molecule has 0 saturated carbocycles. The van der Waals surface area contributed by atoms with Crippen molar-refractivity contribution in [2.24, 2.45) is 5.73 Å². The maximum Gasteiger partial charge on any atom is 0.249 e. The summed E-state index contributed by atoms with van der Waals surface area (Å²) in [5, 5.41) is 2.91. The molecule has 6 nitrogen and oxygen atoms in total. The third-order valence-electron chi connectivity index (χ3n) is 4.70. The average molecular weight is 428 g/mol. The van der Waals surface area contributed by atoms with Gasteiger partial charge in [-0.3, -0.25) is 4.79 Å². The van der Waals surface area contributed by atoms with Crippen LogP contribution in [-0.4, -0.2) is 29.6 Å². The molecule has 0 aliphatic carbocycles. The number of nitrogens with one attached hydrogen (secondary N) is 1. The van der Waals surface area contributed by atoms with Crippen LogP contribution in [0.15, 0.2) is 36.5 Å². The Morgan fingerprint density at radius 1 is 1.29 bits per heavy atom. The number of hydrogen-bond acceptors (Lipinski definition) is 5. The Morgan fingerprint density at radius 3 is 2.79 bits per heavy atom. The van der Waals surface area contributed by atoms with E-state index in [-0.39, 0.29) is 36.8 Å². The Kier molecular flexibility index (Phi) is 9.69. The maximum atomic E-state index is 12.2. The van der Waals surface area contributed by atoms with E-state index in [0.29, 0.717) is 25.4 Å². The highest BCUT2D eigenvalue weighted by Gasteiger charge is 2.29. The molecule has 3 rings (SSSR count). The molecule has 2 aromatic rings. The largest absolute Gasteiger partial charge is 0.439 e. The van der Waals surface area contributed by atoms with Crippen LogP contribution in [0.4, 0.5) is 0 Å². The van der Waals surface area contributed by atoms with E-state index >= 15 is 0 Å². The van der Waals surface area contributed by atoms with Gasteiger partial charge in [-0.05, 0) is 55.5 Å². The minimum Gasteiger partial charge on any atom is -0.439 e. The van der Waals surface area contributed by atoms with Crippen molar-refractivity contribution in [2.75, 3.05) is 6.54 Å². The van der Waals surface area contributed by atoms with Gasteiger partial charge in [0, 0.05) is 25.4 Å². The van der Waals surface area contributed by atoms with Crippen LogP contribution in [0.25, 0.3) is 0 Å². The van der Waals surface area contributed by atoms with Crippen molar-refractivity contribution >= 4 is 30.7 Å². The summed E-state index contributed by atoms with van der Waals surface area (Å²) >= 11 is 0. The summed E-state index contributed by atoms with van der Waals surface area (Å²) in [6.45, 7) is 4.91. The number of nitrogens with two attached hydrogens (primary N) is 1. The van der Waals surface area contributed by atoms with Crippen LogP contribution in [0.5, 0.6) is 11.6 Å². The molecule has 28 heavy (non-hydrogen) atoms. The highest BCUT2D eigenvalue weighted by molar-refractivity contribution is 5.85. The van der Waals surface area contributed by atoms with Crippen molar-refractivity contribution in [3.8, 4) is 11.6 Å². The SMILES string of the molecule is Cc1cccc(Oc2cc(CNC(=O)[C@@H]3CC[C@H](CN)O3)ccn2)c1C.Cl.Cl. The van der Waals surface area contributed by atoms with Crippen LogP contribution in [0.1, 0.15) is 29.5 Å². The zero-order valence-electron chi connectivity index (χ0n) is 16.0. The lowest BCUT2D eigenvalue weighted by Crippen LogP contribution is -2.35. The fraction of sp³-hybridized carbons (Fsp3) is 0.400. The van der Waals surface area contributed by atoms with Gasteiger partial charge < -0.3 is 20.5 Å². The second-order valence-corrected chi connectivity index (χ2v) is 6.58. The predicted molar refractivity (Wildman–Crippen MR) is 114 cm³/mol. The predicted octanol–water partition coefficient (Wildman–Crippen LogP) is 3.46. The number of nitrogens with zero attached hydrogens (tertiary/aromatic N) is 1. The van der Waals surface area contributed by atoms with Crippen LogP contribution in [0, 0.1) is 13.8 Å². The van der Waals surface area contributed by atoms with Crippen LogP contribution in [0.2, 0.25) is 0 Å². The van der Waals surface area contributed by atoms with Crippen LogP contribution >= 0.6 is 24.8 Å². The fourth-order valence-electron chi connectivity index (χ4n) is 2.94. The number of carbonyl (C=O) groups excluding carboxylic acids is 1. The Morgan fingerprint density at radius 2 is 2.07 bits per heavy atom. The van der Waals surface area contributed by atoms with Gasteiger partial charge in [-0.15, -0.1) is 24.8 Å². The molecule has 1 aliphatic rings. The van der Waals surface area contributed by atoms with Gasteiger partial charge in [0.15, 0.2) is 0 Å². The molecule has 1 aromatic heterocycles. The van der Waals surface area contributed by atoms with Gasteiger partial charge >= 0.3 is 0 Å². The summed E-state index contributed by atoms with van der Waals surface area (Å²) in [6.07, 6.45) is 2.81. The lowest BCUT2D eigenvalue weighted by atomic mass is 10.1. The first-order valence-electron chi connectivity index (χ1n) is 8.89. The molecule has 0 bridgehead atoms. The van der Waals surface area contributed by atoms with Crippen LogP contribution in [-0.2, 0) is 16.1 Å². The van der Waals surface area contributed by atoms with Crippen molar-refractivity contribution in [3.63, 3.8) is 0 Å². The molecular weight excluding hydrogens is 401 g/mol. The van der Waals surface area contributed by atoms with E-state index in [0.717, 1.165) is 23.3 Å². The molecule has 0 unspecified atom stereocenters. The fourth-order valence-corrected chi connectivity index (χ4v) is 2.94. The second-order valence-electron chi connectivity index (χ2n) is 6.58. The molecule has 8 heteroatoms. The summed E-state index contributed by atoms with van der Waals surface area (Å²) < 4.78 is 11.5. The smallest absolute Gasteiger partial charge is 0.249 e. The van der Waals surface area contributed by atoms with E-state index in [2.05, 4.69) is 10.3 Å². The topological polar surface area (TPSA) is 86.5 Å². The molecule has 3 N–H and O–H groups in total. The molecule has 1 aromatic carbocycles. The third-order valence-corrected chi connectivity index (χ3v) is 4.70. The summed E-state index contributed by atoms with van der Waals surface area (Å²) in [7, 11) is 0. The number of aromatic nitrogens is 1. The number of halogens is 2. The van der Waals surface area contributed by atoms with Gasteiger partial charge in [0.25, 0.3) is 0 Å². The number of ether oxygens (including phenoxy) is 2. The molecule has 2 atom stereocenters. The zero-order chi connectivity index (χ0) is 18.5. The van der Waals surface area contributed by atoms with Crippen LogP contribution < -0.4 is 15.8 Å². The van der Waals surface area contributed by atoms with E-state index in [1.54, 1.807) is 6.20 Å². The summed E-state index contributed by atoms with van der Waals surface area (Å²) in [5.74, 6) is 1.19. The molecule has 1 fully saturated rings. The van der Waals surface area contributed by atoms with Gasteiger partial charge in [-0.1, -0.05) is 12.1 Å². The Hall–Kier alpha value is -1.86. The van der Waals surface area contributed by atoms with Gasteiger partial charge in [0.1, 0.15) is 11.9 Å². The van der Waals surface area contributed by atoms with Crippen molar-refractivity contribution in [1.82, 2.24) is 10.3 Å². The highest BCUT2D eigenvalue weighted by atomic mass is 35.5. The molecule has 0 radical (unpaired) electrons. The minimum atomic E-state index is -0.406. The van der Waals surface area contributed by atoms with Crippen molar-refractivity contribution in [2.45, 2.75) is 45.4 Å². The number of pyridine rings is 1. The van der Waals surface area contributed by atoms with E-state index in [1.165, 1.54) is 5.56 Å². The molecule has 1 amide bonds. The monoisotopic (exact) mass is 427 g/mol. The summed E-state index contributed by atoms with van der Waals surface area (Å²) in [4.78, 5) is 16.5. The number of benzene rings is 1. The molecule has 2 heterocycles. The molecule has 1 aliphatic heterocycles. The number of aryl methyl sites for hydroxylation is 1. The molecule has 154 valence electrons. The normalized spacial score (nSPS) is 18.0. The summed E-state index contributed by atoms with van der Waals surface area (Å²) in [6, 6.07) is 9.61. The van der Waals surface area contributed by atoms with Gasteiger partial charge in [-0.2, -0.15) is 0 Å². The summed E-state index contributed by atoms with van der Waals surface area (Å²) in [5.41, 5.74) is 8.75. The first-order valence-corrected chi connectivity index (χ1v) is 8.89. The average Bonchev–Trinajstić information content (AvgIpc) is 3.13. The maximum absolute atomic E-state index is 12.2. The molecule has 1 saturated heterocycles. The quantitative estimate of drug-likeness (QED) is 0.736. The molecule has 0 spiro atoms. The lowest BCUT2D eigenvalue weighted by Gasteiger charge is -2.13. The Balaban J connectivity index is 0.00000196. The number of carbonyl (C=O) groups is 1. The van der Waals surface area contributed by atoms with Gasteiger partial charge in [0.2, 0.25) is 11.8 Å². The number of rotatable bonds is 6. The first kappa shape index (κ1) is 24.2. The lowest BCUT2D eigenvalue weighted by molar-refractivity contribution is -0.132. The van der Waals surface area contributed by atoms with Crippen molar-refractivity contribution < 1.29 is 14.3 Å². The van der Waals surface area contributed by atoms with E-state index in [4.69, 9.17) is 15.2 Å². The van der Waals surface area contributed by atoms with Gasteiger partial charge in [-0.25, -0.2) is 4.98 Å². The number of amides is 1. The van der Waals surface area contributed by atoms with E-state index < -0.39 is 6.10 Å². The van der Waals surface area contributed by atoms with Gasteiger partial charge in [0.05, 0.1) is 6.10 Å². The van der Waals surface area contributed by atoms with Crippen molar-refractivity contribution in [1.29, 1.82) is 0 Å². The van der Waals surface area contributed by atoms with E-state index in [1.807, 2.05) is 44.2 Å². The highest BCUT2D eigenvalue weighted by Crippen LogP contribution is 2.26. The number of hydrogen-bond donors (Lipinski definition) is 2. The minimum absolute atomic E-state index is 0. The Bertz CT molecular complexity index is 789. The zero-order valence-corrected chi connectivity index (χ0v) is 17.6. The van der Waals surface area contributed by atoms with Crippen molar-refractivity contribution in [3.05, 3.63) is 53.2 Å². The van der Waals surface area contributed by atoms with E-state index in [9.17, 15) is 4.79 Å². The molecular formula is C20H27Cl2N3O3. The Labute approximate surface area is 178 Å². The third kappa shape index (κ3) is 6.07. The first-order chi connectivity index (χ1) is 12.6. The second kappa shape index (κ2) is 11.2. The standard InChI is InChI=1S/C20H25N3O3.2ClH/c1-13-4-3-5-17(14(13)2)26-19-10-15(8-9-22-19)12-23-20(24)18-7-6-16(11-21)25-18;;/h3-5,8-10,16,18H,6-7,11-12,21H2,1-2H3,(H,23,24);2*1H/t16-,18+;;/m1../s1.